The van der Waals surface area contributed by atoms with Crippen molar-refractivity contribution in [3.63, 3.8) is 0 Å². The zero-order chi connectivity index (χ0) is 17.7. The number of nitrogens with one attached hydrogen (secondary N) is 2. The number of hydrazine groups is 1. The van der Waals surface area contributed by atoms with Gasteiger partial charge in [-0.25, -0.2) is 10.6 Å². The van der Waals surface area contributed by atoms with Crippen LogP contribution in [0.5, 0.6) is 5.75 Å². The number of rotatable bonds is 1. The van der Waals surface area contributed by atoms with Gasteiger partial charge < -0.3 is 10.4 Å². The Labute approximate surface area is 121 Å². The highest BCUT2D eigenvalue weighted by atomic mass is 19.4. The number of hydrogen-bond acceptors (Lipinski definition) is 3. The Morgan fingerprint density at radius 3 is 1.95 bits per heavy atom. The number of hydrogen-bond donors (Lipinski definition) is 4. The summed E-state index contributed by atoms with van der Waals surface area (Å²) in [5.74, 6) is 3.08. The predicted molar refractivity (Wildman–Crippen MR) is 65.8 cm³/mol. The number of phenols is 1. The van der Waals surface area contributed by atoms with Gasteiger partial charge in [-0.15, -0.1) is 0 Å². The second-order valence-electron chi connectivity index (χ2n) is 3.51. The van der Waals surface area contributed by atoms with E-state index in [4.69, 9.17) is 0 Å². The molecule has 5 N–H and O–H groups in total. The molecule has 2 amide bonds. The second-order valence-corrected chi connectivity index (χ2v) is 3.51. The van der Waals surface area contributed by atoms with Crippen LogP contribution in [-0.4, -0.2) is 11.1 Å². The van der Waals surface area contributed by atoms with E-state index in [0.29, 0.717) is 0 Å². The van der Waals surface area contributed by atoms with Crippen molar-refractivity contribution in [3.8, 4) is 5.75 Å². The molecule has 126 valence electrons. The van der Waals surface area contributed by atoms with Crippen molar-refractivity contribution < 1.29 is 36.2 Å². The standard InChI is InChI=1S/C9H7F6N3O2.C2H6/c10-8(11,12)3-1-4(9(13,14)15)6(19)5(2-3)17-7(20)18-16;1-2/h1-2,19H,16H2,(H2,17,18,20);1-2H3. The average Bonchev–Trinajstić information content (AvgIpc) is 2.40. The van der Waals surface area contributed by atoms with Gasteiger partial charge in [0.05, 0.1) is 16.8 Å². The van der Waals surface area contributed by atoms with Crippen molar-refractivity contribution in [1.29, 1.82) is 0 Å². The van der Waals surface area contributed by atoms with Gasteiger partial charge in [0, 0.05) is 0 Å². The van der Waals surface area contributed by atoms with Crippen molar-refractivity contribution in [2.24, 2.45) is 5.84 Å². The molecule has 22 heavy (non-hydrogen) atoms. The summed E-state index contributed by atoms with van der Waals surface area (Å²) < 4.78 is 75.1. The number of amides is 2. The summed E-state index contributed by atoms with van der Waals surface area (Å²) in [7, 11) is 0. The molecule has 0 aliphatic heterocycles. The number of anilines is 1. The summed E-state index contributed by atoms with van der Waals surface area (Å²) in [5.41, 5.74) is -3.26. The number of halogens is 6. The highest BCUT2D eigenvalue weighted by Crippen LogP contribution is 2.43. The van der Waals surface area contributed by atoms with Crippen molar-refractivity contribution >= 4 is 11.7 Å². The maximum absolute atomic E-state index is 12.5. The van der Waals surface area contributed by atoms with E-state index < -0.39 is 40.9 Å². The Morgan fingerprint density at radius 2 is 1.59 bits per heavy atom. The lowest BCUT2D eigenvalue weighted by molar-refractivity contribution is -0.143. The minimum Gasteiger partial charge on any atom is -0.505 e. The lowest BCUT2D eigenvalue weighted by Crippen LogP contribution is -2.34. The van der Waals surface area contributed by atoms with E-state index in [1.807, 2.05) is 13.8 Å². The van der Waals surface area contributed by atoms with Gasteiger partial charge in [0.15, 0.2) is 5.75 Å². The van der Waals surface area contributed by atoms with Gasteiger partial charge in [0.2, 0.25) is 0 Å². The second kappa shape index (κ2) is 7.20. The van der Waals surface area contributed by atoms with E-state index in [1.54, 1.807) is 5.32 Å². The largest absolute Gasteiger partial charge is 0.505 e. The smallest absolute Gasteiger partial charge is 0.420 e. The van der Waals surface area contributed by atoms with Crippen LogP contribution in [0.15, 0.2) is 12.1 Å². The van der Waals surface area contributed by atoms with Crippen LogP contribution < -0.4 is 16.6 Å². The monoisotopic (exact) mass is 333 g/mol. The van der Waals surface area contributed by atoms with Crippen molar-refractivity contribution in [1.82, 2.24) is 5.43 Å². The maximum Gasteiger partial charge on any atom is 0.420 e. The Kier molecular flexibility index (Phi) is 6.49. The fraction of sp³-hybridized carbons (Fsp3) is 0.364. The molecule has 0 spiro atoms. The molecule has 0 bridgehead atoms. The van der Waals surface area contributed by atoms with Gasteiger partial charge in [-0.1, -0.05) is 13.8 Å². The van der Waals surface area contributed by atoms with Gasteiger partial charge in [-0.3, -0.25) is 5.43 Å². The van der Waals surface area contributed by atoms with E-state index in [1.165, 1.54) is 5.43 Å². The number of alkyl halides is 6. The normalized spacial score (nSPS) is 11.3. The fourth-order valence-electron chi connectivity index (χ4n) is 1.27. The van der Waals surface area contributed by atoms with Crippen molar-refractivity contribution in [2.45, 2.75) is 26.2 Å². The Balaban J connectivity index is 0.00000211. The van der Waals surface area contributed by atoms with Crippen LogP contribution in [0.3, 0.4) is 0 Å². The lowest BCUT2D eigenvalue weighted by Gasteiger charge is -2.16. The van der Waals surface area contributed by atoms with E-state index in [0.717, 1.165) is 0 Å². The molecule has 11 heteroatoms. The molecule has 0 saturated carbocycles. The van der Waals surface area contributed by atoms with Gasteiger partial charge in [0.1, 0.15) is 0 Å². The number of aromatic hydroxyl groups is 1. The number of carbonyl (C=O) groups excluding carboxylic acids is 1. The molecular weight excluding hydrogens is 320 g/mol. The first-order valence-corrected chi connectivity index (χ1v) is 5.76. The number of benzene rings is 1. The van der Waals surface area contributed by atoms with Crippen molar-refractivity contribution in [3.05, 3.63) is 23.3 Å². The molecular formula is C11H13F6N3O2. The van der Waals surface area contributed by atoms with Crippen LogP contribution in [-0.2, 0) is 12.4 Å². The van der Waals surface area contributed by atoms with Gasteiger partial charge in [-0.2, -0.15) is 26.3 Å². The average molecular weight is 333 g/mol. The molecule has 0 aliphatic rings. The predicted octanol–water partition coefficient (Wildman–Crippen LogP) is 3.45. The first-order valence-electron chi connectivity index (χ1n) is 5.76. The Morgan fingerprint density at radius 1 is 1.09 bits per heavy atom. The zero-order valence-electron chi connectivity index (χ0n) is 11.4. The number of phenolic OH excluding ortho intramolecular Hbond substituents is 1. The fourth-order valence-corrected chi connectivity index (χ4v) is 1.27. The summed E-state index contributed by atoms with van der Waals surface area (Å²) >= 11 is 0. The third-order valence-electron chi connectivity index (χ3n) is 2.12. The molecule has 0 radical (unpaired) electrons. The molecule has 0 fully saturated rings. The third kappa shape index (κ3) is 4.98. The molecule has 5 nitrogen and oxygen atoms in total. The third-order valence-corrected chi connectivity index (χ3v) is 2.12. The van der Waals surface area contributed by atoms with Crippen LogP contribution in [0.25, 0.3) is 0 Å². The summed E-state index contributed by atoms with van der Waals surface area (Å²) in [6.45, 7) is 4.00. The quantitative estimate of drug-likeness (QED) is 0.209. The Bertz CT molecular complexity index is 528. The first kappa shape index (κ1) is 19.8. The Hall–Kier alpha value is -2.17. The molecule has 0 atom stereocenters. The lowest BCUT2D eigenvalue weighted by atomic mass is 10.1. The topological polar surface area (TPSA) is 87.4 Å². The molecule has 1 aromatic carbocycles. The van der Waals surface area contributed by atoms with Crippen LogP contribution in [0, 0.1) is 0 Å². The van der Waals surface area contributed by atoms with Crippen LogP contribution in [0.2, 0.25) is 0 Å². The van der Waals surface area contributed by atoms with Crippen LogP contribution in [0.4, 0.5) is 36.8 Å². The SMILES string of the molecule is CC.NNC(=O)Nc1cc(C(F)(F)F)cc(C(F)(F)F)c1O. The van der Waals surface area contributed by atoms with E-state index in [-0.39, 0.29) is 12.1 Å². The molecule has 0 unspecified atom stereocenters. The zero-order valence-corrected chi connectivity index (χ0v) is 11.4. The number of carbonyl (C=O) groups is 1. The molecule has 0 saturated heterocycles. The van der Waals surface area contributed by atoms with Gasteiger partial charge in [-0.05, 0) is 12.1 Å². The highest BCUT2D eigenvalue weighted by molar-refractivity contribution is 5.91. The van der Waals surface area contributed by atoms with Crippen molar-refractivity contribution in [2.75, 3.05) is 5.32 Å². The molecule has 0 aliphatic carbocycles. The summed E-state index contributed by atoms with van der Waals surface area (Å²) in [6, 6.07) is -1.41. The number of nitrogens with two attached hydrogens (primary N) is 1. The molecule has 0 aromatic heterocycles. The molecule has 1 aromatic rings. The summed E-state index contributed by atoms with van der Waals surface area (Å²) in [5, 5.41) is 10.8. The van der Waals surface area contributed by atoms with Gasteiger partial charge >= 0.3 is 18.4 Å². The van der Waals surface area contributed by atoms with E-state index in [9.17, 15) is 36.2 Å². The van der Waals surface area contributed by atoms with Gasteiger partial charge in [0.25, 0.3) is 0 Å². The number of urea groups is 1. The minimum atomic E-state index is -5.24. The minimum absolute atomic E-state index is 0.153. The summed E-state index contributed by atoms with van der Waals surface area (Å²) in [6.07, 6.45) is -10.3. The van der Waals surface area contributed by atoms with E-state index >= 15 is 0 Å². The van der Waals surface area contributed by atoms with E-state index in [2.05, 4.69) is 5.84 Å². The summed E-state index contributed by atoms with van der Waals surface area (Å²) in [4.78, 5) is 10.8. The highest BCUT2D eigenvalue weighted by Gasteiger charge is 2.40. The van der Waals surface area contributed by atoms with Crippen LogP contribution >= 0.6 is 0 Å². The van der Waals surface area contributed by atoms with Crippen LogP contribution in [0.1, 0.15) is 25.0 Å². The first-order chi connectivity index (χ1) is 9.96. The molecule has 0 heterocycles. The molecule has 1 rings (SSSR count). The maximum atomic E-state index is 12.5.